The molecule has 0 saturated carbocycles. The molecule has 3 N–H and O–H groups in total. The maximum atomic E-state index is 6.30. The third kappa shape index (κ3) is 2.06. The zero-order valence-corrected chi connectivity index (χ0v) is 11.4. The summed E-state index contributed by atoms with van der Waals surface area (Å²) in [5, 5.41) is 9.44. The number of nitrogen functional groups attached to an aromatic ring is 1. The largest absolute Gasteiger partial charge is 0.358 e. The fraction of sp³-hybridized carbons (Fsp3) is 0.231. The summed E-state index contributed by atoms with van der Waals surface area (Å²) in [5.74, 6) is 5.96. The van der Waals surface area contributed by atoms with Crippen LogP contribution in [0, 0.1) is 0 Å². The lowest BCUT2D eigenvalue weighted by Crippen LogP contribution is -2.07. The number of halogens is 1. The van der Waals surface area contributed by atoms with Crippen molar-refractivity contribution in [2.75, 3.05) is 5.84 Å². The van der Waals surface area contributed by atoms with Gasteiger partial charge in [-0.15, -0.1) is 5.10 Å². The maximum Gasteiger partial charge on any atom is 0.116 e. The molecule has 0 aliphatic carbocycles. The summed E-state index contributed by atoms with van der Waals surface area (Å²) in [6.07, 6.45) is 1.64. The van der Waals surface area contributed by atoms with Crippen LogP contribution in [0.4, 0.5) is 0 Å². The Morgan fingerprint density at radius 2 is 2.11 bits per heavy atom. The molecule has 98 valence electrons. The summed E-state index contributed by atoms with van der Waals surface area (Å²) in [4.78, 5) is 4.57. The molecule has 19 heavy (non-hydrogen) atoms. The molecule has 0 bridgehead atoms. The molecule has 0 spiro atoms. The van der Waals surface area contributed by atoms with Crippen LogP contribution in [0.1, 0.15) is 25.5 Å². The summed E-state index contributed by atoms with van der Waals surface area (Å²) >= 11 is 6.30. The third-order valence-electron chi connectivity index (χ3n) is 3.14. The number of nitrogens with two attached hydrogens (primary N) is 1. The van der Waals surface area contributed by atoms with Crippen LogP contribution in [0.3, 0.4) is 0 Å². The van der Waals surface area contributed by atoms with Crippen LogP contribution in [-0.4, -0.2) is 20.1 Å². The van der Waals surface area contributed by atoms with Crippen LogP contribution in [0.25, 0.3) is 22.2 Å². The molecule has 0 amide bonds. The van der Waals surface area contributed by atoms with E-state index in [1.165, 1.54) is 10.5 Å². The van der Waals surface area contributed by atoms with E-state index >= 15 is 0 Å². The fourth-order valence-electron chi connectivity index (χ4n) is 2.08. The molecule has 1 aromatic carbocycles. The number of rotatable bonds is 2. The van der Waals surface area contributed by atoms with Gasteiger partial charge in [-0.3, -0.25) is 0 Å². The molecule has 3 aromatic rings. The normalized spacial score (nSPS) is 11.6. The minimum atomic E-state index is 0.444. The van der Waals surface area contributed by atoms with Gasteiger partial charge in [0, 0.05) is 22.2 Å². The van der Waals surface area contributed by atoms with Gasteiger partial charge >= 0.3 is 0 Å². The predicted octanol–water partition coefficient (Wildman–Crippen LogP) is 2.92. The average Bonchev–Trinajstić information content (AvgIpc) is 2.93. The molecule has 0 fully saturated rings. The minimum Gasteiger partial charge on any atom is -0.358 e. The van der Waals surface area contributed by atoms with Gasteiger partial charge in [-0.25, -0.2) is 0 Å². The Morgan fingerprint density at radius 3 is 2.74 bits per heavy atom. The van der Waals surface area contributed by atoms with E-state index in [4.69, 9.17) is 17.4 Å². The number of benzene rings is 1. The number of hydrogen-bond donors (Lipinski definition) is 2. The van der Waals surface area contributed by atoms with Crippen molar-refractivity contribution in [1.82, 2.24) is 20.1 Å². The van der Waals surface area contributed by atoms with E-state index in [2.05, 4.69) is 35.2 Å². The van der Waals surface area contributed by atoms with Crippen molar-refractivity contribution in [3.63, 3.8) is 0 Å². The number of fused-ring (bicyclic) bond motifs is 1. The summed E-state index contributed by atoms with van der Waals surface area (Å²) in [5.41, 5.74) is 3.71. The molecule has 5 nitrogen and oxygen atoms in total. The maximum absolute atomic E-state index is 6.30. The van der Waals surface area contributed by atoms with Gasteiger partial charge in [0.15, 0.2) is 0 Å². The van der Waals surface area contributed by atoms with Crippen molar-refractivity contribution >= 4 is 22.5 Å². The number of hydrogen-bond acceptors (Lipinski definition) is 3. The molecule has 0 aliphatic rings. The van der Waals surface area contributed by atoms with E-state index in [0.717, 1.165) is 16.5 Å². The molecule has 0 aliphatic heterocycles. The average molecular weight is 276 g/mol. The molecular formula is C13H14ClN5. The monoisotopic (exact) mass is 275 g/mol. The highest BCUT2D eigenvalue weighted by Crippen LogP contribution is 2.32. The van der Waals surface area contributed by atoms with Crippen LogP contribution >= 0.6 is 11.6 Å². The van der Waals surface area contributed by atoms with Crippen LogP contribution in [-0.2, 0) is 0 Å². The lowest BCUT2D eigenvalue weighted by Gasteiger charge is -2.00. The van der Waals surface area contributed by atoms with Gasteiger partial charge in [0.2, 0.25) is 0 Å². The van der Waals surface area contributed by atoms with Crippen LogP contribution in [0.2, 0.25) is 5.02 Å². The van der Waals surface area contributed by atoms with E-state index < -0.39 is 0 Å². The van der Waals surface area contributed by atoms with Crippen LogP contribution in [0.15, 0.2) is 24.4 Å². The van der Waals surface area contributed by atoms with Gasteiger partial charge in [-0.05, 0) is 29.3 Å². The van der Waals surface area contributed by atoms with Crippen molar-refractivity contribution in [2.24, 2.45) is 0 Å². The Bertz CT molecular complexity index is 741. The molecular weight excluding hydrogens is 262 g/mol. The van der Waals surface area contributed by atoms with Gasteiger partial charge in [-0.2, -0.15) is 4.79 Å². The number of nitrogens with zero attached hydrogens (tertiary/aromatic N) is 3. The van der Waals surface area contributed by atoms with Gasteiger partial charge in [0.1, 0.15) is 5.69 Å². The number of aromatic amines is 1. The summed E-state index contributed by atoms with van der Waals surface area (Å²) in [6, 6.07) is 6.03. The van der Waals surface area contributed by atoms with Gasteiger partial charge in [0.25, 0.3) is 0 Å². The predicted molar refractivity (Wildman–Crippen MR) is 76.6 cm³/mol. The molecule has 0 radical (unpaired) electrons. The SMILES string of the molecule is CC(C)c1cc2cc(Cl)c(-c3cn(N)nn3)cc2[nH]1. The smallest absolute Gasteiger partial charge is 0.116 e. The number of H-pyrrole nitrogens is 1. The van der Waals surface area contributed by atoms with E-state index in [1.54, 1.807) is 6.20 Å². The Balaban J connectivity index is 2.18. The summed E-state index contributed by atoms with van der Waals surface area (Å²) in [6.45, 7) is 4.29. The zero-order chi connectivity index (χ0) is 13.6. The Labute approximate surface area is 115 Å². The second kappa shape index (κ2) is 4.28. The van der Waals surface area contributed by atoms with Crippen molar-refractivity contribution in [3.05, 3.63) is 35.1 Å². The molecule has 0 saturated heterocycles. The molecule has 0 unspecified atom stereocenters. The van der Waals surface area contributed by atoms with E-state index in [9.17, 15) is 0 Å². The Hall–Kier alpha value is -2.01. The highest BCUT2D eigenvalue weighted by molar-refractivity contribution is 6.34. The molecule has 2 aromatic heterocycles. The Kier molecular flexibility index (Phi) is 2.71. The highest BCUT2D eigenvalue weighted by Gasteiger charge is 2.12. The lowest BCUT2D eigenvalue weighted by atomic mass is 10.1. The first-order chi connectivity index (χ1) is 9.04. The van der Waals surface area contributed by atoms with E-state index in [1.807, 2.05) is 12.1 Å². The quantitative estimate of drug-likeness (QED) is 0.706. The van der Waals surface area contributed by atoms with Crippen molar-refractivity contribution < 1.29 is 0 Å². The first kappa shape index (κ1) is 12.0. The minimum absolute atomic E-state index is 0.444. The Morgan fingerprint density at radius 1 is 1.32 bits per heavy atom. The van der Waals surface area contributed by atoms with Gasteiger partial charge in [0.05, 0.1) is 11.2 Å². The van der Waals surface area contributed by atoms with Gasteiger partial charge in [-0.1, -0.05) is 25.4 Å². The van der Waals surface area contributed by atoms with Crippen molar-refractivity contribution in [3.8, 4) is 11.3 Å². The van der Waals surface area contributed by atoms with Crippen LogP contribution < -0.4 is 5.84 Å². The van der Waals surface area contributed by atoms with Crippen LogP contribution in [0.5, 0.6) is 0 Å². The first-order valence-electron chi connectivity index (χ1n) is 6.04. The lowest BCUT2D eigenvalue weighted by molar-refractivity contribution is 0.766. The fourth-order valence-corrected chi connectivity index (χ4v) is 2.35. The number of aromatic nitrogens is 4. The molecule has 2 heterocycles. The standard InChI is InChI=1S/C13H14ClN5/c1-7(2)11-4-8-3-10(14)9(5-12(8)16-11)13-6-19(15)18-17-13/h3-7,16H,15H2,1-2H3. The zero-order valence-electron chi connectivity index (χ0n) is 10.7. The van der Waals surface area contributed by atoms with Gasteiger partial charge < -0.3 is 10.8 Å². The number of nitrogens with one attached hydrogen (secondary N) is 1. The third-order valence-corrected chi connectivity index (χ3v) is 3.45. The highest BCUT2D eigenvalue weighted by atomic mass is 35.5. The second-order valence-corrected chi connectivity index (χ2v) is 5.29. The molecule has 0 atom stereocenters. The van der Waals surface area contributed by atoms with Crippen molar-refractivity contribution in [2.45, 2.75) is 19.8 Å². The first-order valence-corrected chi connectivity index (χ1v) is 6.42. The molecule has 3 rings (SSSR count). The second-order valence-electron chi connectivity index (χ2n) is 4.88. The van der Waals surface area contributed by atoms with E-state index in [0.29, 0.717) is 16.6 Å². The van der Waals surface area contributed by atoms with Crippen molar-refractivity contribution in [1.29, 1.82) is 0 Å². The summed E-state index contributed by atoms with van der Waals surface area (Å²) in [7, 11) is 0. The topological polar surface area (TPSA) is 72.5 Å². The van der Waals surface area contributed by atoms with E-state index in [-0.39, 0.29) is 0 Å². The summed E-state index contributed by atoms with van der Waals surface area (Å²) < 4.78 is 0. The molecule has 6 heteroatoms.